The van der Waals surface area contributed by atoms with Gasteiger partial charge in [0.2, 0.25) is 0 Å². The Hall–Kier alpha value is -0.770. The molecule has 0 spiro atoms. The zero-order valence-corrected chi connectivity index (χ0v) is 13.9. The second kappa shape index (κ2) is 12.0. The van der Waals surface area contributed by atoms with E-state index in [0.717, 1.165) is 25.9 Å². The highest BCUT2D eigenvalue weighted by molar-refractivity contribution is 5.67. The zero-order chi connectivity index (χ0) is 15.3. The average Bonchev–Trinajstić information content (AvgIpc) is 2.34. The summed E-state index contributed by atoms with van der Waals surface area (Å²) in [5, 5.41) is 6.25. The van der Waals surface area contributed by atoms with Crippen molar-refractivity contribution in [2.75, 3.05) is 19.6 Å². The standard InChI is InChI=1S/C16H34N2O2/c1-5-6-9-12-17-13-10-7-8-11-14-18-15(19)20-16(2,3)4/h17H,5-14H2,1-4H3,(H,18,19). The van der Waals surface area contributed by atoms with Crippen molar-refractivity contribution < 1.29 is 9.53 Å². The summed E-state index contributed by atoms with van der Waals surface area (Å²) in [4.78, 5) is 11.4. The minimum absolute atomic E-state index is 0.310. The first-order valence-electron chi connectivity index (χ1n) is 8.13. The van der Waals surface area contributed by atoms with Gasteiger partial charge in [-0.05, 0) is 53.1 Å². The van der Waals surface area contributed by atoms with Gasteiger partial charge >= 0.3 is 6.09 Å². The van der Waals surface area contributed by atoms with Crippen LogP contribution in [-0.2, 0) is 4.74 Å². The van der Waals surface area contributed by atoms with Crippen molar-refractivity contribution in [3.05, 3.63) is 0 Å². The Kier molecular flexibility index (Phi) is 11.5. The minimum atomic E-state index is -0.409. The van der Waals surface area contributed by atoms with Crippen LogP contribution in [0, 0.1) is 0 Å². The predicted molar refractivity (Wildman–Crippen MR) is 85.1 cm³/mol. The van der Waals surface area contributed by atoms with Crippen molar-refractivity contribution in [2.24, 2.45) is 0 Å². The van der Waals surface area contributed by atoms with Crippen LogP contribution < -0.4 is 10.6 Å². The summed E-state index contributed by atoms with van der Waals surface area (Å²) >= 11 is 0. The molecule has 0 heterocycles. The maximum atomic E-state index is 11.4. The second-order valence-corrected chi connectivity index (χ2v) is 6.30. The van der Waals surface area contributed by atoms with Crippen molar-refractivity contribution in [2.45, 2.75) is 78.2 Å². The fourth-order valence-corrected chi connectivity index (χ4v) is 1.86. The van der Waals surface area contributed by atoms with E-state index < -0.39 is 5.60 Å². The number of hydrogen-bond donors (Lipinski definition) is 2. The van der Waals surface area contributed by atoms with E-state index >= 15 is 0 Å². The molecule has 0 saturated heterocycles. The molecule has 2 N–H and O–H groups in total. The second-order valence-electron chi connectivity index (χ2n) is 6.30. The van der Waals surface area contributed by atoms with Crippen molar-refractivity contribution >= 4 is 6.09 Å². The van der Waals surface area contributed by atoms with Crippen LogP contribution in [0.3, 0.4) is 0 Å². The third kappa shape index (κ3) is 15.3. The largest absolute Gasteiger partial charge is 0.444 e. The summed E-state index contributed by atoms with van der Waals surface area (Å²) in [5.41, 5.74) is -0.409. The van der Waals surface area contributed by atoms with Gasteiger partial charge < -0.3 is 15.4 Å². The first kappa shape index (κ1) is 19.2. The van der Waals surface area contributed by atoms with E-state index in [4.69, 9.17) is 4.74 Å². The third-order valence-electron chi connectivity index (χ3n) is 2.91. The van der Waals surface area contributed by atoms with Crippen molar-refractivity contribution in [1.29, 1.82) is 0 Å². The molecule has 0 rings (SSSR count). The molecule has 1 amide bonds. The number of rotatable bonds is 11. The highest BCUT2D eigenvalue weighted by Crippen LogP contribution is 2.06. The average molecular weight is 286 g/mol. The van der Waals surface area contributed by atoms with Crippen LogP contribution in [0.25, 0.3) is 0 Å². The molecule has 0 aliphatic heterocycles. The molecule has 0 aliphatic rings. The lowest BCUT2D eigenvalue weighted by molar-refractivity contribution is 0.0527. The molecule has 0 fully saturated rings. The lowest BCUT2D eigenvalue weighted by Gasteiger charge is -2.19. The van der Waals surface area contributed by atoms with Crippen molar-refractivity contribution in [3.8, 4) is 0 Å². The smallest absolute Gasteiger partial charge is 0.407 e. The van der Waals surface area contributed by atoms with Crippen LogP contribution in [0.1, 0.15) is 72.6 Å². The van der Waals surface area contributed by atoms with E-state index in [9.17, 15) is 4.79 Å². The molecular weight excluding hydrogens is 252 g/mol. The highest BCUT2D eigenvalue weighted by Gasteiger charge is 2.15. The summed E-state index contributed by atoms with van der Waals surface area (Å²) in [6.07, 6.45) is 8.21. The molecule has 0 bridgehead atoms. The Morgan fingerprint density at radius 1 is 0.900 bits per heavy atom. The van der Waals surface area contributed by atoms with Gasteiger partial charge in [-0.15, -0.1) is 0 Å². The van der Waals surface area contributed by atoms with Crippen LogP contribution in [-0.4, -0.2) is 31.3 Å². The maximum absolute atomic E-state index is 11.4. The topological polar surface area (TPSA) is 50.4 Å². The van der Waals surface area contributed by atoms with E-state index in [1.807, 2.05) is 20.8 Å². The third-order valence-corrected chi connectivity index (χ3v) is 2.91. The van der Waals surface area contributed by atoms with E-state index in [1.165, 1.54) is 32.1 Å². The van der Waals surface area contributed by atoms with Crippen LogP contribution in [0.2, 0.25) is 0 Å². The van der Waals surface area contributed by atoms with Crippen molar-refractivity contribution in [3.63, 3.8) is 0 Å². The van der Waals surface area contributed by atoms with E-state index in [-0.39, 0.29) is 6.09 Å². The molecule has 0 saturated carbocycles. The lowest BCUT2D eigenvalue weighted by atomic mass is 10.2. The summed E-state index contributed by atoms with van der Waals surface area (Å²) in [6, 6.07) is 0. The van der Waals surface area contributed by atoms with E-state index in [0.29, 0.717) is 6.54 Å². The highest BCUT2D eigenvalue weighted by atomic mass is 16.6. The molecule has 0 radical (unpaired) electrons. The van der Waals surface area contributed by atoms with Gasteiger partial charge in [-0.1, -0.05) is 32.6 Å². The summed E-state index contributed by atoms with van der Waals surface area (Å²) in [5.74, 6) is 0. The van der Waals surface area contributed by atoms with Gasteiger partial charge in [-0.25, -0.2) is 4.79 Å². The first-order chi connectivity index (χ1) is 9.45. The fourth-order valence-electron chi connectivity index (χ4n) is 1.86. The van der Waals surface area contributed by atoms with Gasteiger partial charge in [0.1, 0.15) is 5.60 Å². The maximum Gasteiger partial charge on any atom is 0.407 e. The predicted octanol–water partition coefficient (Wildman–Crippen LogP) is 3.85. The number of nitrogens with one attached hydrogen (secondary N) is 2. The van der Waals surface area contributed by atoms with Crippen LogP contribution in [0.4, 0.5) is 4.79 Å². The molecule has 0 unspecified atom stereocenters. The van der Waals surface area contributed by atoms with Crippen molar-refractivity contribution in [1.82, 2.24) is 10.6 Å². The van der Waals surface area contributed by atoms with Crippen LogP contribution in [0.5, 0.6) is 0 Å². The Morgan fingerprint density at radius 2 is 1.45 bits per heavy atom. The number of ether oxygens (including phenoxy) is 1. The molecule has 0 aromatic heterocycles. The monoisotopic (exact) mass is 286 g/mol. The van der Waals surface area contributed by atoms with Crippen LogP contribution >= 0.6 is 0 Å². The molecule has 20 heavy (non-hydrogen) atoms. The SMILES string of the molecule is CCCCCNCCCCCCNC(=O)OC(C)(C)C. The number of amides is 1. The number of hydrogen-bond acceptors (Lipinski definition) is 3. The van der Waals surface area contributed by atoms with Crippen LogP contribution in [0.15, 0.2) is 0 Å². The Morgan fingerprint density at radius 3 is 2.00 bits per heavy atom. The van der Waals surface area contributed by atoms with Gasteiger partial charge in [0.25, 0.3) is 0 Å². The van der Waals surface area contributed by atoms with Gasteiger partial charge in [-0.3, -0.25) is 0 Å². The summed E-state index contributed by atoms with van der Waals surface area (Å²) < 4.78 is 5.17. The minimum Gasteiger partial charge on any atom is -0.444 e. The Bertz CT molecular complexity index is 237. The molecule has 0 aromatic carbocycles. The number of unbranched alkanes of at least 4 members (excludes halogenated alkanes) is 5. The molecule has 4 heteroatoms. The molecule has 0 aromatic rings. The van der Waals surface area contributed by atoms with E-state index in [1.54, 1.807) is 0 Å². The van der Waals surface area contributed by atoms with E-state index in [2.05, 4.69) is 17.6 Å². The van der Waals surface area contributed by atoms with Gasteiger partial charge in [0.05, 0.1) is 0 Å². The number of carbonyl (C=O) groups excluding carboxylic acids is 1. The first-order valence-corrected chi connectivity index (χ1v) is 8.13. The summed E-state index contributed by atoms with van der Waals surface area (Å²) in [7, 11) is 0. The lowest BCUT2D eigenvalue weighted by Crippen LogP contribution is -2.33. The molecule has 0 aliphatic carbocycles. The molecule has 0 atom stereocenters. The Balaban J connectivity index is 3.19. The number of alkyl carbamates (subject to hydrolysis) is 1. The fraction of sp³-hybridized carbons (Fsp3) is 0.938. The zero-order valence-electron chi connectivity index (χ0n) is 13.9. The summed E-state index contributed by atoms with van der Waals surface area (Å²) in [6.45, 7) is 10.8. The molecular formula is C16H34N2O2. The number of carbonyl (C=O) groups is 1. The van der Waals surface area contributed by atoms with Gasteiger partial charge in [0.15, 0.2) is 0 Å². The quantitative estimate of drug-likeness (QED) is 0.567. The van der Waals surface area contributed by atoms with Gasteiger partial charge in [0, 0.05) is 6.54 Å². The van der Waals surface area contributed by atoms with Gasteiger partial charge in [-0.2, -0.15) is 0 Å². The Labute approximate surface area is 125 Å². The normalized spacial score (nSPS) is 11.4. The molecule has 4 nitrogen and oxygen atoms in total. The molecule has 120 valence electrons.